The lowest BCUT2D eigenvalue weighted by molar-refractivity contribution is -0.924. The average molecular weight is 478 g/mol. The van der Waals surface area contributed by atoms with Gasteiger partial charge in [-0.1, -0.05) is 18.2 Å². The first kappa shape index (κ1) is 21.5. The van der Waals surface area contributed by atoms with Gasteiger partial charge in [0.1, 0.15) is 0 Å². The summed E-state index contributed by atoms with van der Waals surface area (Å²) >= 11 is 5.97. The molecule has 3 aromatic heterocycles. The summed E-state index contributed by atoms with van der Waals surface area (Å²) in [5.74, 6) is 1.72. The molecule has 0 unspecified atom stereocenters. The lowest BCUT2D eigenvalue weighted by Crippen LogP contribution is -3.14. The van der Waals surface area contributed by atoms with Crippen molar-refractivity contribution in [3.8, 4) is 11.4 Å². The fourth-order valence-electron chi connectivity index (χ4n) is 5.00. The van der Waals surface area contributed by atoms with E-state index in [1.54, 1.807) is 12.4 Å². The van der Waals surface area contributed by atoms with E-state index in [0.29, 0.717) is 0 Å². The maximum absolute atomic E-state index is 5.97. The van der Waals surface area contributed by atoms with E-state index >= 15 is 0 Å². The molecule has 2 fully saturated rings. The highest BCUT2D eigenvalue weighted by Gasteiger charge is 2.26. The molecular weight excluding hydrogens is 448 g/mol. The number of H-pyrrole nitrogens is 1. The molecule has 5 heterocycles. The Balaban J connectivity index is 1.27. The van der Waals surface area contributed by atoms with Crippen LogP contribution < -0.4 is 9.80 Å². The van der Waals surface area contributed by atoms with Crippen LogP contribution in [-0.2, 0) is 18.0 Å². The van der Waals surface area contributed by atoms with E-state index in [1.165, 1.54) is 4.90 Å². The summed E-state index contributed by atoms with van der Waals surface area (Å²) in [6.07, 6.45) is 8.00. The van der Waals surface area contributed by atoms with Crippen molar-refractivity contribution in [3.63, 3.8) is 0 Å². The Morgan fingerprint density at radius 2 is 1.94 bits per heavy atom. The normalized spacial score (nSPS) is 19.3. The Morgan fingerprint density at radius 1 is 1.12 bits per heavy atom. The van der Waals surface area contributed by atoms with Crippen molar-refractivity contribution in [1.29, 1.82) is 0 Å². The number of piperazine rings is 1. The Kier molecular flexibility index (Phi) is 5.86. The van der Waals surface area contributed by atoms with Crippen LogP contribution in [0.5, 0.6) is 0 Å². The van der Waals surface area contributed by atoms with Gasteiger partial charge in [0.2, 0.25) is 10.7 Å². The molecular formula is C24H29N8OS+. The molecule has 34 heavy (non-hydrogen) atoms. The van der Waals surface area contributed by atoms with Crippen LogP contribution in [0.15, 0.2) is 48.9 Å². The van der Waals surface area contributed by atoms with Crippen molar-refractivity contribution in [3.05, 3.63) is 53.7 Å². The molecule has 2 N–H and O–H groups in total. The number of fused-ring (bicyclic) bond motifs is 1. The van der Waals surface area contributed by atoms with Crippen LogP contribution >= 0.6 is 12.2 Å². The SMILES string of the molecule is S=c1n(C[NH+]2CCN(c3ncccn3)CC2)nc(-c2c[nH]c3ccccc23)n1C[C@H]1CCCO1. The molecule has 0 saturated carbocycles. The van der Waals surface area contributed by atoms with Crippen molar-refractivity contribution in [2.24, 2.45) is 0 Å². The number of aromatic nitrogens is 6. The van der Waals surface area contributed by atoms with Gasteiger partial charge >= 0.3 is 0 Å². The number of para-hydroxylation sites is 1. The lowest BCUT2D eigenvalue weighted by Gasteiger charge is -2.31. The number of benzene rings is 1. The molecule has 2 aliphatic heterocycles. The van der Waals surface area contributed by atoms with Gasteiger partial charge in [-0.15, -0.1) is 5.10 Å². The van der Waals surface area contributed by atoms with Gasteiger partial charge in [-0.05, 0) is 37.2 Å². The van der Waals surface area contributed by atoms with E-state index in [1.807, 2.05) is 23.0 Å². The number of ether oxygens (including phenoxy) is 1. The van der Waals surface area contributed by atoms with Gasteiger partial charge in [0.25, 0.3) is 0 Å². The van der Waals surface area contributed by atoms with Crippen LogP contribution in [0.4, 0.5) is 5.95 Å². The predicted molar refractivity (Wildman–Crippen MR) is 132 cm³/mol. The van der Waals surface area contributed by atoms with Crippen molar-refractivity contribution < 1.29 is 9.64 Å². The largest absolute Gasteiger partial charge is 0.376 e. The average Bonchev–Trinajstić information content (AvgIpc) is 3.62. The fraction of sp³-hybridized carbons (Fsp3) is 0.417. The number of anilines is 1. The Morgan fingerprint density at radius 3 is 2.74 bits per heavy atom. The summed E-state index contributed by atoms with van der Waals surface area (Å²) in [7, 11) is 0. The van der Waals surface area contributed by atoms with E-state index in [9.17, 15) is 0 Å². The molecule has 2 saturated heterocycles. The first-order chi connectivity index (χ1) is 16.8. The first-order valence-electron chi connectivity index (χ1n) is 12.0. The summed E-state index contributed by atoms with van der Waals surface area (Å²) in [6.45, 7) is 6.12. The number of hydrogen-bond donors (Lipinski definition) is 2. The molecule has 0 radical (unpaired) electrons. The maximum atomic E-state index is 5.97. The summed E-state index contributed by atoms with van der Waals surface area (Å²) in [5.41, 5.74) is 2.19. The monoisotopic (exact) mass is 477 g/mol. The summed E-state index contributed by atoms with van der Waals surface area (Å²) < 4.78 is 10.9. The first-order valence-corrected chi connectivity index (χ1v) is 12.4. The Bertz CT molecular complexity index is 1320. The van der Waals surface area contributed by atoms with Crippen LogP contribution in [0.2, 0.25) is 0 Å². The molecule has 0 amide bonds. The molecule has 4 aromatic rings. The quantitative estimate of drug-likeness (QED) is 0.413. The number of nitrogens with one attached hydrogen (secondary N) is 2. The fourth-order valence-corrected chi connectivity index (χ4v) is 5.27. The number of nitrogens with zero attached hydrogens (tertiary/aromatic N) is 6. The third-order valence-electron chi connectivity index (χ3n) is 6.84. The van der Waals surface area contributed by atoms with Crippen LogP contribution in [0.25, 0.3) is 22.3 Å². The van der Waals surface area contributed by atoms with Gasteiger partial charge in [0.05, 0.1) is 38.8 Å². The summed E-state index contributed by atoms with van der Waals surface area (Å²) in [4.78, 5) is 15.9. The minimum Gasteiger partial charge on any atom is -0.376 e. The molecule has 0 spiro atoms. The molecule has 1 atom stereocenters. The predicted octanol–water partition coefficient (Wildman–Crippen LogP) is 1.89. The highest BCUT2D eigenvalue weighted by Crippen LogP contribution is 2.28. The molecule has 6 rings (SSSR count). The smallest absolute Gasteiger partial charge is 0.225 e. The van der Waals surface area contributed by atoms with Crippen molar-refractivity contribution in [1.82, 2.24) is 29.3 Å². The molecule has 0 aliphatic carbocycles. The molecule has 2 aliphatic rings. The van der Waals surface area contributed by atoms with Gasteiger partial charge in [-0.2, -0.15) is 4.68 Å². The zero-order valence-electron chi connectivity index (χ0n) is 19.1. The molecule has 0 bridgehead atoms. The molecule has 176 valence electrons. The third kappa shape index (κ3) is 4.13. The van der Waals surface area contributed by atoms with E-state index in [2.05, 4.69) is 42.6 Å². The van der Waals surface area contributed by atoms with E-state index in [4.69, 9.17) is 22.1 Å². The second-order valence-corrected chi connectivity index (χ2v) is 9.41. The minimum atomic E-state index is 0.190. The van der Waals surface area contributed by atoms with Gasteiger partial charge in [0, 0.05) is 41.7 Å². The van der Waals surface area contributed by atoms with Gasteiger partial charge < -0.3 is 19.5 Å². The topological polar surface area (TPSA) is 81.2 Å². The minimum absolute atomic E-state index is 0.190. The zero-order chi connectivity index (χ0) is 22.9. The highest BCUT2D eigenvalue weighted by atomic mass is 32.1. The Hall–Kier alpha value is -3.08. The van der Waals surface area contributed by atoms with Crippen molar-refractivity contribution in [2.75, 3.05) is 37.7 Å². The molecule has 9 nitrogen and oxygen atoms in total. The summed E-state index contributed by atoms with van der Waals surface area (Å²) in [6, 6.07) is 10.2. The van der Waals surface area contributed by atoms with Gasteiger partial charge in [0.15, 0.2) is 12.5 Å². The van der Waals surface area contributed by atoms with Crippen LogP contribution in [-0.4, -0.2) is 68.2 Å². The molecule has 10 heteroatoms. The van der Waals surface area contributed by atoms with Gasteiger partial charge in [-0.25, -0.2) is 9.97 Å². The number of quaternary nitrogens is 1. The number of hydrogen-bond acceptors (Lipinski definition) is 6. The van der Waals surface area contributed by atoms with Gasteiger partial charge in [-0.3, -0.25) is 4.57 Å². The van der Waals surface area contributed by atoms with Crippen molar-refractivity contribution >= 4 is 29.1 Å². The third-order valence-corrected chi connectivity index (χ3v) is 7.27. The maximum Gasteiger partial charge on any atom is 0.225 e. The second-order valence-electron chi connectivity index (χ2n) is 9.04. The highest BCUT2D eigenvalue weighted by molar-refractivity contribution is 7.71. The van der Waals surface area contributed by atoms with Crippen LogP contribution in [0, 0.1) is 4.77 Å². The van der Waals surface area contributed by atoms with Crippen molar-refractivity contribution in [2.45, 2.75) is 32.2 Å². The van der Waals surface area contributed by atoms with E-state index in [0.717, 1.165) is 91.9 Å². The summed E-state index contributed by atoms with van der Waals surface area (Å²) in [5, 5.41) is 6.22. The number of rotatable bonds is 6. The molecule has 1 aromatic carbocycles. The van der Waals surface area contributed by atoms with Crippen LogP contribution in [0.3, 0.4) is 0 Å². The Labute approximate surface area is 203 Å². The number of aromatic amines is 1. The zero-order valence-corrected chi connectivity index (χ0v) is 19.9. The van der Waals surface area contributed by atoms with Crippen LogP contribution in [0.1, 0.15) is 12.8 Å². The van der Waals surface area contributed by atoms with E-state index < -0.39 is 0 Å². The van der Waals surface area contributed by atoms with E-state index in [-0.39, 0.29) is 6.10 Å². The second kappa shape index (κ2) is 9.28. The lowest BCUT2D eigenvalue weighted by atomic mass is 10.1. The standard InChI is InChI=1S/C24H28N8OS/c34-24-31(16-18-5-3-14-33-18)22(20-15-27-21-7-2-1-6-19(20)21)28-32(24)17-29-10-12-30(13-11-29)23-25-8-4-9-26-23/h1-2,4,6-9,15,18,27H,3,5,10-14,16-17H2/p+1/t18-/m1/s1.